The van der Waals surface area contributed by atoms with Crippen LogP contribution in [-0.4, -0.2) is 73.3 Å². The lowest BCUT2D eigenvalue weighted by Crippen LogP contribution is -2.42. The minimum absolute atomic E-state index is 0.0165. The van der Waals surface area contributed by atoms with Crippen molar-refractivity contribution < 1.29 is 14.3 Å². The van der Waals surface area contributed by atoms with Gasteiger partial charge < -0.3 is 29.9 Å². The van der Waals surface area contributed by atoms with Gasteiger partial charge >= 0.3 is 5.97 Å². The van der Waals surface area contributed by atoms with E-state index >= 15 is 0 Å². The molecule has 2 N–H and O–H groups in total. The van der Waals surface area contributed by atoms with E-state index in [4.69, 9.17) is 19.4 Å². The third kappa shape index (κ3) is 5.45. The van der Waals surface area contributed by atoms with Gasteiger partial charge in [-0.15, -0.1) is 11.3 Å². The van der Waals surface area contributed by atoms with E-state index < -0.39 is 0 Å². The van der Waals surface area contributed by atoms with E-state index in [-0.39, 0.29) is 11.5 Å². The largest absolute Gasteiger partial charge is 0.495 e. The number of rotatable bonds is 9. The van der Waals surface area contributed by atoms with Crippen molar-refractivity contribution in [3.63, 3.8) is 0 Å². The number of piperidine rings is 1. The second kappa shape index (κ2) is 10.3. The number of carbonyl (C=O) groups is 1. The number of esters is 1. The molecule has 3 aromatic rings. The van der Waals surface area contributed by atoms with Crippen molar-refractivity contribution >= 4 is 50.7 Å². The minimum Gasteiger partial charge on any atom is -0.495 e. The molecule has 37 heavy (non-hydrogen) atoms. The van der Waals surface area contributed by atoms with Crippen molar-refractivity contribution in [1.29, 1.82) is 0 Å². The maximum Gasteiger partial charge on any atom is 0.339 e. The van der Waals surface area contributed by atoms with Crippen LogP contribution in [0.15, 0.2) is 23.6 Å². The Morgan fingerprint density at radius 1 is 1.24 bits per heavy atom. The molecule has 3 heterocycles. The fraction of sp³-hybridized carbons (Fsp3) is 0.519. The lowest BCUT2D eigenvalue weighted by molar-refractivity contribution is 0.0529. The highest BCUT2D eigenvalue weighted by molar-refractivity contribution is 7.17. The van der Waals surface area contributed by atoms with Crippen LogP contribution in [0, 0.1) is 0 Å². The van der Waals surface area contributed by atoms with Crippen LogP contribution in [0.5, 0.6) is 5.75 Å². The smallest absolute Gasteiger partial charge is 0.339 e. The van der Waals surface area contributed by atoms with E-state index in [1.807, 2.05) is 12.1 Å². The number of nitrogens with one attached hydrogen (secondary N) is 2. The van der Waals surface area contributed by atoms with Crippen LogP contribution in [0.3, 0.4) is 0 Å². The first-order chi connectivity index (χ1) is 17.8. The highest BCUT2D eigenvalue weighted by atomic mass is 32.1. The zero-order valence-electron chi connectivity index (χ0n) is 22.3. The third-order valence-corrected chi connectivity index (χ3v) is 8.19. The molecule has 1 saturated heterocycles. The molecule has 1 aliphatic heterocycles. The zero-order chi connectivity index (χ0) is 26.2. The molecule has 0 bridgehead atoms. The molecular formula is C27H36N6O3S. The molecule has 10 heteroatoms. The number of carbonyl (C=O) groups excluding carboxylic acids is 1. The summed E-state index contributed by atoms with van der Waals surface area (Å²) in [5.41, 5.74) is 2.43. The summed E-state index contributed by atoms with van der Waals surface area (Å²) in [6, 6.07) is 6.76. The molecule has 0 radical (unpaired) electrons. The number of anilines is 4. The molecule has 5 rings (SSSR count). The molecule has 2 aliphatic rings. The number of fused-ring (bicyclic) bond motifs is 1. The number of methoxy groups -OCH3 is 1. The summed E-state index contributed by atoms with van der Waals surface area (Å²) in [5, 5.41) is 9.42. The fourth-order valence-electron chi connectivity index (χ4n) is 4.81. The van der Waals surface area contributed by atoms with Gasteiger partial charge in [-0.05, 0) is 65.8 Å². The first-order valence-corrected chi connectivity index (χ1v) is 13.8. The molecule has 2 aromatic heterocycles. The van der Waals surface area contributed by atoms with Gasteiger partial charge in [0.05, 0.1) is 30.4 Å². The van der Waals surface area contributed by atoms with Gasteiger partial charge in [0.2, 0.25) is 5.95 Å². The van der Waals surface area contributed by atoms with E-state index in [0.717, 1.165) is 66.1 Å². The molecule has 2 fully saturated rings. The first kappa shape index (κ1) is 25.5. The van der Waals surface area contributed by atoms with Gasteiger partial charge in [0.15, 0.2) is 0 Å². The quantitative estimate of drug-likeness (QED) is 0.370. The van der Waals surface area contributed by atoms with Crippen LogP contribution in [0.2, 0.25) is 0 Å². The highest BCUT2D eigenvalue weighted by Crippen LogP contribution is 2.41. The van der Waals surface area contributed by atoms with Gasteiger partial charge in [-0.3, -0.25) is 0 Å². The Balaban J connectivity index is 1.41. The molecule has 9 nitrogen and oxygen atoms in total. The predicted molar refractivity (Wildman–Crippen MR) is 150 cm³/mol. The summed E-state index contributed by atoms with van der Waals surface area (Å²) < 4.78 is 11.1. The number of benzene rings is 1. The average molecular weight is 525 g/mol. The first-order valence-electron chi connectivity index (χ1n) is 12.9. The zero-order valence-corrected chi connectivity index (χ0v) is 23.1. The normalized spacial score (nSPS) is 17.2. The fourth-order valence-corrected chi connectivity index (χ4v) is 5.72. The summed E-state index contributed by atoms with van der Waals surface area (Å²) in [5.74, 6) is 1.60. The molecule has 1 aliphatic carbocycles. The molecule has 0 spiro atoms. The van der Waals surface area contributed by atoms with Gasteiger partial charge in [0.1, 0.15) is 16.4 Å². The van der Waals surface area contributed by atoms with Crippen molar-refractivity contribution in [2.75, 3.05) is 56.4 Å². The van der Waals surface area contributed by atoms with E-state index in [1.54, 1.807) is 19.4 Å². The van der Waals surface area contributed by atoms with E-state index in [9.17, 15) is 4.79 Å². The third-order valence-electron chi connectivity index (χ3n) is 7.32. The maximum absolute atomic E-state index is 12.6. The van der Waals surface area contributed by atoms with Crippen LogP contribution in [0.1, 0.15) is 49.9 Å². The predicted octanol–water partition coefficient (Wildman–Crippen LogP) is 5.12. The van der Waals surface area contributed by atoms with Crippen LogP contribution < -0.4 is 20.3 Å². The lowest BCUT2D eigenvalue weighted by atomic mass is 10.0. The Morgan fingerprint density at radius 3 is 2.65 bits per heavy atom. The van der Waals surface area contributed by atoms with Gasteiger partial charge in [-0.1, -0.05) is 0 Å². The van der Waals surface area contributed by atoms with Crippen molar-refractivity contribution in [2.24, 2.45) is 0 Å². The number of aromatic nitrogens is 2. The summed E-state index contributed by atoms with van der Waals surface area (Å²) in [7, 11) is 6.01. The van der Waals surface area contributed by atoms with Gasteiger partial charge in [-0.2, -0.15) is 4.98 Å². The highest BCUT2D eigenvalue weighted by Gasteiger charge is 2.38. The Kier molecular flexibility index (Phi) is 7.13. The van der Waals surface area contributed by atoms with Crippen molar-refractivity contribution in [3.05, 3.63) is 29.1 Å². The van der Waals surface area contributed by atoms with Crippen molar-refractivity contribution in [2.45, 2.75) is 51.1 Å². The topological polar surface area (TPSA) is 91.9 Å². The van der Waals surface area contributed by atoms with Crippen LogP contribution >= 0.6 is 11.3 Å². The standard InChI is InChI=1S/C27H36N6O3S/c1-6-36-25(34)19-16-37-24-22(19)23(31-27(2)11-12-27)29-26(30-24)28-17-7-8-20(21(15-17)35-5)33-13-9-18(10-14-33)32(3)4/h7-8,15-16,18H,6,9-14H2,1-5H3,(H2,28,29,30,31). The monoisotopic (exact) mass is 524 g/mol. The van der Waals surface area contributed by atoms with E-state index in [1.165, 1.54) is 11.3 Å². The summed E-state index contributed by atoms with van der Waals surface area (Å²) in [6.45, 7) is 6.29. The Morgan fingerprint density at radius 2 is 2.00 bits per heavy atom. The van der Waals surface area contributed by atoms with Gasteiger partial charge in [0.25, 0.3) is 0 Å². The van der Waals surface area contributed by atoms with Crippen LogP contribution in [-0.2, 0) is 4.74 Å². The second-order valence-electron chi connectivity index (χ2n) is 10.3. The lowest BCUT2D eigenvalue weighted by Gasteiger charge is -2.37. The van der Waals surface area contributed by atoms with Crippen molar-refractivity contribution in [1.82, 2.24) is 14.9 Å². The number of thiophene rings is 1. The SMILES string of the molecule is CCOC(=O)c1csc2nc(Nc3ccc(N4CCC(N(C)C)CC4)c(OC)c3)nc(NC3(C)CC3)c12. The summed E-state index contributed by atoms with van der Waals surface area (Å²) in [4.78, 5) is 27.6. The second-order valence-corrected chi connectivity index (χ2v) is 11.2. The van der Waals surface area contributed by atoms with Crippen LogP contribution in [0.25, 0.3) is 10.2 Å². The average Bonchev–Trinajstić information content (AvgIpc) is 3.44. The molecule has 1 aromatic carbocycles. The number of hydrogen-bond acceptors (Lipinski definition) is 10. The number of nitrogens with zero attached hydrogens (tertiary/aromatic N) is 4. The van der Waals surface area contributed by atoms with E-state index in [0.29, 0.717) is 30.0 Å². The van der Waals surface area contributed by atoms with Crippen LogP contribution in [0.4, 0.5) is 23.1 Å². The Bertz CT molecular complexity index is 1280. The minimum atomic E-state index is -0.350. The molecule has 0 unspecified atom stereocenters. The number of hydrogen-bond donors (Lipinski definition) is 2. The maximum atomic E-state index is 12.6. The Hall–Kier alpha value is -3.11. The summed E-state index contributed by atoms with van der Waals surface area (Å²) in [6.07, 6.45) is 4.38. The Labute approximate surface area is 222 Å². The molecule has 0 amide bonds. The van der Waals surface area contributed by atoms with Gasteiger partial charge in [-0.25, -0.2) is 9.78 Å². The molecule has 0 atom stereocenters. The number of ether oxygens (including phenoxy) is 2. The molecule has 198 valence electrons. The molecular weight excluding hydrogens is 488 g/mol. The molecule has 1 saturated carbocycles. The van der Waals surface area contributed by atoms with E-state index in [2.05, 4.69) is 47.5 Å². The van der Waals surface area contributed by atoms with Gasteiger partial charge in [0, 0.05) is 41.8 Å². The summed E-state index contributed by atoms with van der Waals surface area (Å²) >= 11 is 1.42. The van der Waals surface area contributed by atoms with Crippen molar-refractivity contribution in [3.8, 4) is 5.75 Å².